The van der Waals surface area contributed by atoms with E-state index in [1.165, 1.54) is 0 Å². The first-order valence-corrected chi connectivity index (χ1v) is 4.85. The van der Waals surface area contributed by atoms with Crippen LogP contribution in [0.1, 0.15) is 5.56 Å². The van der Waals surface area contributed by atoms with Crippen LogP contribution in [0, 0.1) is 6.92 Å². The van der Waals surface area contributed by atoms with Crippen molar-refractivity contribution in [2.75, 3.05) is 0 Å². The standard InChI is InChI=1S/C9H8OS2/c1-5-2-7(10)6-4-9(11)12-8(6)3-5/h2-4,10-11H,1H3. The van der Waals surface area contributed by atoms with Crippen LogP contribution in [0.15, 0.2) is 22.4 Å². The Kier molecular flexibility index (Phi) is 1.77. The van der Waals surface area contributed by atoms with Gasteiger partial charge in [-0.05, 0) is 30.7 Å². The molecular formula is C9H8OS2. The molecule has 1 aromatic heterocycles. The molecule has 0 bridgehead atoms. The summed E-state index contributed by atoms with van der Waals surface area (Å²) in [5.41, 5.74) is 1.08. The van der Waals surface area contributed by atoms with Gasteiger partial charge in [-0.2, -0.15) is 0 Å². The third kappa shape index (κ3) is 1.19. The quantitative estimate of drug-likeness (QED) is 0.620. The molecular weight excluding hydrogens is 188 g/mol. The molecule has 0 spiro atoms. The lowest BCUT2D eigenvalue weighted by molar-refractivity contribution is 0.481. The summed E-state index contributed by atoms with van der Waals surface area (Å²) in [5, 5.41) is 10.4. The van der Waals surface area contributed by atoms with E-state index in [2.05, 4.69) is 18.7 Å². The minimum absolute atomic E-state index is 0.349. The van der Waals surface area contributed by atoms with E-state index >= 15 is 0 Å². The largest absolute Gasteiger partial charge is 0.507 e. The smallest absolute Gasteiger partial charge is 0.124 e. The van der Waals surface area contributed by atoms with Gasteiger partial charge in [0.25, 0.3) is 0 Å². The molecule has 0 saturated heterocycles. The maximum atomic E-state index is 9.54. The van der Waals surface area contributed by atoms with E-state index in [-0.39, 0.29) is 0 Å². The topological polar surface area (TPSA) is 20.2 Å². The number of phenols is 1. The van der Waals surface area contributed by atoms with E-state index < -0.39 is 0 Å². The highest BCUT2D eigenvalue weighted by Crippen LogP contribution is 2.34. The van der Waals surface area contributed by atoms with Gasteiger partial charge in [0, 0.05) is 10.1 Å². The molecule has 0 amide bonds. The number of benzene rings is 1. The number of hydrogen-bond acceptors (Lipinski definition) is 3. The molecule has 1 aromatic carbocycles. The normalized spacial score (nSPS) is 10.8. The summed E-state index contributed by atoms with van der Waals surface area (Å²) in [5.74, 6) is 0.349. The molecule has 2 rings (SSSR count). The first-order valence-electron chi connectivity index (χ1n) is 3.59. The summed E-state index contributed by atoms with van der Waals surface area (Å²) in [6, 6.07) is 5.71. The first kappa shape index (κ1) is 7.95. The third-order valence-corrected chi connectivity index (χ3v) is 3.03. The molecule has 0 aliphatic heterocycles. The number of thiol groups is 1. The summed E-state index contributed by atoms with van der Waals surface area (Å²) in [6.45, 7) is 1.97. The molecule has 0 aliphatic rings. The fraction of sp³-hybridized carbons (Fsp3) is 0.111. The fourth-order valence-corrected chi connectivity index (χ4v) is 2.59. The second-order valence-corrected chi connectivity index (χ2v) is 4.65. The van der Waals surface area contributed by atoms with Crippen molar-refractivity contribution in [3.05, 3.63) is 23.8 Å². The number of thiophene rings is 1. The van der Waals surface area contributed by atoms with Crippen molar-refractivity contribution in [1.29, 1.82) is 0 Å². The van der Waals surface area contributed by atoms with E-state index in [9.17, 15) is 5.11 Å². The van der Waals surface area contributed by atoms with Crippen LogP contribution in [0.4, 0.5) is 0 Å². The summed E-state index contributed by atoms with van der Waals surface area (Å²) in [6.07, 6.45) is 0. The second kappa shape index (κ2) is 2.68. The zero-order valence-corrected chi connectivity index (χ0v) is 8.25. The number of rotatable bonds is 0. The van der Waals surface area contributed by atoms with Gasteiger partial charge in [0.2, 0.25) is 0 Å². The van der Waals surface area contributed by atoms with Crippen LogP contribution in [0.2, 0.25) is 0 Å². The van der Waals surface area contributed by atoms with Gasteiger partial charge in [-0.15, -0.1) is 24.0 Å². The van der Waals surface area contributed by atoms with Crippen molar-refractivity contribution in [3.8, 4) is 5.75 Å². The molecule has 1 heterocycles. The van der Waals surface area contributed by atoms with Gasteiger partial charge < -0.3 is 5.11 Å². The average molecular weight is 196 g/mol. The van der Waals surface area contributed by atoms with Gasteiger partial charge in [0.15, 0.2) is 0 Å². The molecule has 0 fully saturated rings. The summed E-state index contributed by atoms with van der Waals surface area (Å²) in [4.78, 5) is 0. The minimum Gasteiger partial charge on any atom is -0.507 e. The number of fused-ring (bicyclic) bond motifs is 1. The Morgan fingerprint density at radius 2 is 2.08 bits per heavy atom. The van der Waals surface area contributed by atoms with Gasteiger partial charge in [0.05, 0.1) is 4.21 Å². The highest BCUT2D eigenvalue weighted by atomic mass is 32.2. The lowest BCUT2D eigenvalue weighted by atomic mass is 10.2. The van der Waals surface area contributed by atoms with Gasteiger partial charge in [-0.3, -0.25) is 0 Å². The highest BCUT2D eigenvalue weighted by molar-refractivity contribution is 7.83. The molecule has 0 atom stereocenters. The van der Waals surface area contributed by atoms with Crippen LogP contribution in [-0.4, -0.2) is 5.11 Å². The maximum Gasteiger partial charge on any atom is 0.124 e. The Bertz CT molecular complexity index is 431. The molecule has 0 saturated carbocycles. The Morgan fingerprint density at radius 1 is 1.33 bits per heavy atom. The summed E-state index contributed by atoms with van der Waals surface area (Å²) >= 11 is 5.82. The Morgan fingerprint density at radius 3 is 2.83 bits per heavy atom. The van der Waals surface area contributed by atoms with Gasteiger partial charge in [-0.25, -0.2) is 0 Å². The molecule has 0 radical (unpaired) electrons. The lowest BCUT2D eigenvalue weighted by Crippen LogP contribution is -1.70. The van der Waals surface area contributed by atoms with Crippen molar-refractivity contribution in [2.45, 2.75) is 11.1 Å². The highest BCUT2D eigenvalue weighted by Gasteiger charge is 2.03. The van der Waals surface area contributed by atoms with Crippen LogP contribution >= 0.6 is 24.0 Å². The monoisotopic (exact) mass is 196 g/mol. The molecule has 1 nitrogen and oxygen atoms in total. The lowest BCUT2D eigenvalue weighted by Gasteiger charge is -1.95. The number of hydrogen-bond donors (Lipinski definition) is 2. The van der Waals surface area contributed by atoms with Crippen LogP contribution in [0.25, 0.3) is 10.1 Å². The van der Waals surface area contributed by atoms with E-state index in [1.54, 1.807) is 17.4 Å². The van der Waals surface area contributed by atoms with E-state index in [0.29, 0.717) is 5.75 Å². The minimum atomic E-state index is 0.349. The Hall–Kier alpha value is -0.670. The van der Waals surface area contributed by atoms with Crippen molar-refractivity contribution < 1.29 is 5.11 Å². The van der Waals surface area contributed by atoms with Crippen molar-refractivity contribution in [2.24, 2.45) is 0 Å². The van der Waals surface area contributed by atoms with Crippen molar-refractivity contribution in [1.82, 2.24) is 0 Å². The number of aromatic hydroxyl groups is 1. The van der Waals surface area contributed by atoms with Crippen molar-refractivity contribution >= 4 is 34.1 Å². The molecule has 62 valence electrons. The van der Waals surface area contributed by atoms with E-state index in [0.717, 1.165) is 19.9 Å². The van der Waals surface area contributed by atoms with E-state index in [1.807, 2.05) is 13.0 Å². The Labute approximate surface area is 80.1 Å². The maximum absolute atomic E-state index is 9.54. The number of phenolic OH excluding ortho intramolecular Hbond substituents is 1. The molecule has 12 heavy (non-hydrogen) atoms. The molecule has 0 aliphatic carbocycles. The summed E-state index contributed by atoms with van der Waals surface area (Å²) < 4.78 is 2.03. The zero-order valence-electron chi connectivity index (χ0n) is 6.53. The molecule has 1 N–H and O–H groups in total. The number of aryl methyl sites for hydroxylation is 1. The predicted octanol–water partition coefficient (Wildman–Crippen LogP) is 3.20. The fourth-order valence-electron chi connectivity index (χ4n) is 1.24. The van der Waals surface area contributed by atoms with Gasteiger partial charge >= 0.3 is 0 Å². The second-order valence-electron chi connectivity index (χ2n) is 2.78. The SMILES string of the molecule is Cc1cc(O)c2cc(S)sc2c1. The van der Waals surface area contributed by atoms with Crippen molar-refractivity contribution in [3.63, 3.8) is 0 Å². The van der Waals surface area contributed by atoms with Gasteiger partial charge in [0.1, 0.15) is 5.75 Å². The van der Waals surface area contributed by atoms with Crippen LogP contribution in [-0.2, 0) is 0 Å². The zero-order chi connectivity index (χ0) is 8.72. The van der Waals surface area contributed by atoms with E-state index in [4.69, 9.17) is 0 Å². The summed E-state index contributed by atoms with van der Waals surface area (Å²) in [7, 11) is 0. The van der Waals surface area contributed by atoms with Gasteiger partial charge in [-0.1, -0.05) is 0 Å². The Balaban J connectivity index is 2.88. The molecule has 2 aromatic rings. The molecule has 0 unspecified atom stereocenters. The average Bonchev–Trinajstić information content (AvgIpc) is 2.29. The van der Waals surface area contributed by atoms with Crippen LogP contribution in [0.3, 0.4) is 0 Å². The van der Waals surface area contributed by atoms with Crippen LogP contribution < -0.4 is 0 Å². The predicted molar refractivity (Wildman–Crippen MR) is 55.5 cm³/mol. The molecule has 3 heteroatoms. The van der Waals surface area contributed by atoms with Crippen LogP contribution in [0.5, 0.6) is 5.75 Å². The first-order chi connectivity index (χ1) is 5.66. The third-order valence-electron chi connectivity index (χ3n) is 1.75.